The lowest BCUT2D eigenvalue weighted by atomic mass is 10.0. The molecule has 0 spiro atoms. The first-order valence-corrected chi connectivity index (χ1v) is 10.0. The maximum absolute atomic E-state index is 12.4. The van der Waals surface area contributed by atoms with Crippen LogP contribution in [0.2, 0.25) is 0 Å². The second-order valence-corrected chi connectivity index (χ2v) is 7.36. The average Bonchev–Trinajstić information content (AvgIpc) is 3.16. The van der Waals surface area contributed by atoms with Crippen molar-refractivity contribution in [1.82, 2.24) is 15.0 Å². The van der Waals surface area contributed by atoms with Gasteiger partial charge in [0.15, 0.2) is 5.58 Å². The number of carboxylic acid groups (broad SMARTS) is 1. The van der Waals surface area contributed by atoms with Crippen LogP contribution in [-0.2, 0) is 16.0 Å². The molecule has 0 fully saturated rings. The minimum Gasteiger partial charge on any atom is -0.481 e. The van der Waals surface area contributed by atoms with E-state index in [1.807, 2.05) is 18.2 Å². The number of carboxylic acids is 1. The third-order valence-corrected chi connectivity index (χ3v) is 4.77. The number of carbonyl (C=O) groups is 2. The van der Waals surface area contributed by atoms with Crippen LogP contribution in [0.5, 0.6) is 0 Å². The number of oxazole rings is 1. The number of aromatic nitrogens is 3. The fraction of sp³-hybridized carbons (Fsp3) is 0.174. The predicted molar refractivity (Wildman–Crippen MR) is 119 cm³/mol. The topological polar surface area (TPSA) is 130 Å². The van der Waals surface area contributed by atoms with Crippen molar-refractivity contribution in [2.24, 2.45) is 0 Å². The molecule has 3 heterocycles. The van der Waals surface area contributed by atoms with Gasteiger partial charge >= 0.3 is 12.0 Å². The summed E-state index contributed by atoms with van der Waals surface area (Å²) in [6.07, 6.45) is 3.35. The van der Waals surface area contributed by atoms with E-state index in [-0.39, 0.29) is 24.7 Å². The number of rotatable bonds is 8. The van der Waals surface area contributed by atoms with E-state index in [0.717, 1.165) is 5.56 Å². The molecule has 1 amide bonds. The smallest absolute Gasteiger partial charge is 0.304 e. The Morgan fingerprint density at radius 3 is 2.72 bits per heavy atom. The molecule has 0 saturated carbocycles. The van der Waals surface area contributed by atoms with E-state index in [1.165, 1.54) is 6.20 Å². The van der Waals surface area contributed by atoms with E-state index in [2.05, 4.69) is 25.6 Å². The minimum atomic E-state index is -0.875. The molecule has 9 heteroatoms. The SMILES string of the molecule is CC(CC(=O)O)c1ccc(NC(=O)Cc2ccc3nc(Nc4ccccn4)oc3c2)cn1. The third-order valence-electron chi connectivity index (χ3n) is 4.77. The van der Waals surface area contributed by atoms with Gasteiger partial charge in [-0.15, -0.1) is 0 Å². The molecule has 1 unspecified atom stereocenters. The number of hydrogen-bond donors (Lipinski definition) is 3. The van der Waals surface area contributed by atoms with Gasteiger partial charge in [0, 0.05) is 17.8 Å². The van der Waals surface area contributed by atoms with Crippen molar-refractivity contribution in [2.45, 2.75) is 25.7 Å². The summed E-state index contributed by atoms with van der Waals surface area (Å²) < 4.78 is 5.73. The van der Waals surface area contributed by atoms with Crippen molar-refractivity contribution in [1.29, 1.82) is 0 Å². The van der Waals surface area contributed by atoms with Gasteiger partial charge in [-0.2, -0.15) is 4.98 Å². The van der Waals surface area contributed by atoms with Crippen LogP contribution in [0.1, 0.15) is 30.5 Å². The molecule has 3 aromatic heterocycles. The van der Waals surface area contributed by atoms with Gasteiger partial charge in [-0.1, -0.05) is 19.1 Å². The van der Waals surface area contributed by atoms with Crippen molar-refractivity contribution in [3.05, 3.63) is 72.2 Å². The lowest BCUT2D eigenvalue weighted by molar-refractivity contribution is -0.137. The highest BCUT2D eigenvalue weighted by molar-refractivity contribution is 5.92. The maximum Gasteiger partial charge on any atom is 0.304 e. The molecule has 9 nitrogen and oxygen atoms in total. The average molecular weight is 431 g/mol. The number of nitrogens with zero attached hydrogens (tertiary/aromatic N) is 3. The molecule has 32 heavy (non-hydrogen) atoms. The van der Waals surface area contributed by atoms with Gasteiger partial charge in [0.05, 0.1) is 24.7 Å². The lowest BCUT2D eigenvalue weighted by Crippen LogP contribution is -2.14. The van der Waals surface area contributed by atoms with Crippen LogP contribution in [0, 0.1) is 0 Å². The summed E-state index contributed by atoms with van der Waals surface area (Å²) in [6, 6.07) is 14.6. The molecule has 4 aromatic rings. The molecule has 0 radical (unpaired) electrons. The fourth-order valence-electron chi connectivity index (χ4n) is 3.21. The molecule has 0 bridgehead atoms. The number of aliphatic carboxylic acids is 1. The van der Waals surface area contributed by atoms with E-state index < -0.39 is 5.97 Å². The van der Waals surface area contributed by atoms with Crippen molar-refractivity contribution < 1.29 is 19.1 Å². The Morgan fingerprint density at radius 1 is 1.12 bits per heavy atom. The number of nitrogens with one attached hydrogen (secondary N) is 2. The first-order chi connectivity index (χ1) is 15.5. The second-order valence-electron chi connectivity index (χ2n) is 7.36. The summed E-state index contributed by atoms with van der Waals surface area (Å²) in [6.45, 7) is 1.80. The van der Waals surface area contributed by atoms with Crippen LogP contribution < -0.4 is 10.6 Å². The van der Waals surface area contributed by atoms with E-state index in [1.54, 1.807) is 43.5 Å². The molecular weight excluding hydrogens is 410 g/mol. The van der Waals surface area contributed by atoms with Gasteiger partial charge in [0.2, 0.25) is 5.91 Å². The molecular formula is C23H21N5O4. The second kappa shape index (κ2) is 9.25. The maximum atomic E-state index is 12.4. The van der Waals surface area contributed by atoms with Gasteiger partial charge in [-0.05, 0) is 42.0 Å². The molecule has 1 atom stereocenters. The van der Waals surface area contributed by atoms with Crippen molar-refractivity contribution in [3.8, 4) is 0 Å². The van der Waals surface area contributed by atoms with Crippen LogP contribution in [0.15, 0.2) is 65.3 Å². The van der Waals surface area contributed by atoms with E-state index in [9.17, 15) is 9.59 Å². The van der Waals surface area contributed by atoms with Gasteiger partial charge < -0.3 is 14.8 Å². The summed E-state index contributed by atoms with van der Waals surface area (Å²) in [5.41, 5.74) is 3.21. The highest BCUT2D eigenvalue weighted by Gasteiger charge is 2.13. The Labute approximate surface area is 183 Å². The first-order valence-electron chi connectivity index (χ1n) is 10.0. The third kappa shape index (κ3) is 5.25. The Hall–Kier alpha value is -4.27. The minimum absolute atomic E-state index is 0.00190. The number of pyridine rings is 2. The normalized spacial score (nSPS) is 11.8. The van der Waals surface area contributed by atoms with Crippen LogP contribution >= 0.6 is 0 Å². The fourth-order valence-corrected chi connectivity index (χ4v) is 3.21. The van der Waals surface area contributed by atoms with Gasteiger partial charge in [0.1, 0.15) is 11.3 Å². The quantitative estimate of drug-likeness (QED) is 0.380. The van der Waals surface area contributed by atoms with Crippen LogP contribution in [0.3, 0.4) is 0 Å². The monoisotopic (exact) mass is 431 g/mol. The molecule has 162 valence electrons. The number of carbonyl (C=O) groups excluding carboxylic acids is 1. The summed E-state index contributed by atoms with van der Waals surface area (Å²) in [5, 5.41) is 14.7. The van der Waals surface area contributed by atoms with Crippen LogP contribution in [-0.4, -0.2) is 31.9 Å². The summed E-state index contributed by atoms with van der Waals surface area (Å²) >= 11 is 0. The lowest BCUT2D eigenvalue weighted by Gasteiger charge is -2.10. The Balaban J connectivity index is 1.38. The Morgan fingerprint density at radius 2 is 2.00 bits per heavy atom. The number of fused-ring (bicyclic) bond motifs is 1. The molecule has 3 N–H and O–H groups in total. The highest BCUT2D eigenvalue weighted by atomic mass is 16.4. The number of anilines is 3. The Kier molecular flexibility index (Phi) is 6.07. The van der Waals surface area contributed by atoms with Crippen LogP contribution in [0.25, 0.3) is 11.1 Å². The van der Waals surface area contributed by atoms with Gasteiger partial charge in [-0.25, -0.2) is 4.98 Å². The van der Waals surface area contributed by atoms with Crippen molar-refractivity contribution in [2.75, 3.05) is 10.6 Å². The highest BCUT2D eigenvalue weighted by Crippen LogP contribution is 2.23. The van der Waals surface area contributed by atoms with E-state index in [4.69, 9.17) is 9.52 Å². The molecule has 1 aromatic carbocycles. The molecule has 0 aliphatic carbocycles. The first kappa shape index (κ1) is 21.0. The number of amides is 1. The zero-order valence-electron chi connectivity index (χ0n) is 17.3. The van der Waals surface area contributed by atoms with E-state index in [0.29, 0.717) is 34.3 Å². The summed E-state index contributed by atoms with van der Waals surface area (Å²) in [5.74, 6) is -0.664. The zero-order valence-corrected chi connectivity index (χ0v) is 17.3. The van der Waals surface area contributed by atoms with Crippen molar-refractivity contribution >= 4 is 40.5 Å². The summed E-state index contributed by atoms with van der Waals surface area (Å²) in [4.78, 5) is 36.1. The van der Waals surface area contributed by atoms with Gasteiger partial charge in [0.25, 0.3) is 0 Å². The van der Waals surface area contributed by atoms with E-state index >= 15 is 0 Å². The standard InChI is InChI=1S/C23H21N5O4/c1-14(10-22(30)31)17-8-6-16(13-25-17)26-21(29)12-15-5-7-18-19(11-15)32-23(27-18)28-20-4-2-3-9-24-20/h2-9,11,13-14H,10,12H2,1H3,(H,26,29)(H,30,31)(H,24,27,28). The van der Waals surface area contributed by atoms with Gasteiger partial charge in [-0.3, -0.25) is 19.9 Å². The largest absolute Gasteiger partial charge is 0.481 e. The summed E-state index contributed by atoms with van der Waals surface area (Å²) in [7, 11) is 0. The molecule has 0 saturated heterocycles. The Bertz CT molecular complexity index is 1240. The molecule has 0 aliphatic heterocycles. The number of benzene rings is 1. The number of hydrogen-bond acceptors (Lipinski definition) is 7. The molecule has 0 aliphatic rings. The van der Waals surface area contributed by atoms with Crippen molar-refractivity contribution in [3.63, 3.8) is 0 Å². The zero-order chi connectivity index (χ0) is 22.5. The van der Waals surface area contributed by atoms with Crippen LogP contribution in [0.4, 0.5) is 17.5 Å². The predicted octanol–water partition coefficient (Wildman–Crippen LogP) is 4.12. The molecule has 4 rings (SSSR count).